The maximum atomic E-state index is 12.8. The molecule has 1 atom stereocenters. The predicted octanol–water partition coefficient (Wildman–Crippen LogP) is 4.61. The van der Waals surface area contributed by atoms with E-state index < -0.39 is 0 Å². The molecule has 0 unspecified atom stereocenters. The first-order valence-corrected chi connectivity index (χ1v) is 8.65. The van der Waals surface area contributed by atoms with Gasteiger partial charge in [-0.05, 0) is 42.6 Å². The van der Waals surface area contributed by atoms with E-state index in [0.717, 1.165) is 26.1 Å². The lowest BCUT2D eigenvalue weighted by atomic mass is 10.1. The van der Waals surface area contributed by atoms with Crippen LogP contribution in [0.1, 0.15) is 28.3 Å². The number of benzene rings is 2. The summed E-state index contributed by atoms with van der Waals surface area (Å²) in [5.41, 5.74) is 2.64. The fourth-order valence-electron chi connectivity index (χ4n) is 2.79. The second-order valence-corrected chi connectivity index (χ2v) is 6.95. The number of amides is 1. The van der Waals surface area contributed by atoms with Gasteiger partial charge in [0.15, 0.2) is 0 Å². The molecule has 4 nitrogen and oxygen atoms in total. The number of nitrogens with one attached hydrogen (secondary N) is 1. The van der Waals surface area contributed by atoms with Gasteiger partial charge in [-0.15, -0.1) is 11.3 Å². The first-order valence-electron chi connectivity index (χ1n) is 7.83. The summed E-state index contributed by atoms with van der Waals surface area (Å²) in [4.78, 5) is 22.4. The van der Waals surface area contributed by atoms with E-state index in [1.165, 1.54) is 0 Å². The number of aromatic amines is 1. The molecule has 0 radical (unpaired) electrons. The van der Waals surface area contributed by atoms with E-state index in [9.17, 15) is 4.79 Å². The third-order valence-corrected chi connectivity index (χ3v) is 5.58. The lowest BCUT2D eigenvalue weighted by Gasteiger charge is -2.23. The number of carbonyl (C=O) groups excluding carboxylic acids is 1. The second kappa shape index (κ2) is 5.76. The molecule has 2 aromatic heterocycles. The van der Waals surface area contributed by atoms with Crippen LogP contribution in [0.3, 0.4) is 0 Å². The summed E-state index contributed by atoms with van der Waals surface area (Å²) in [6.07, 6.45) is 1.88. The Kier molecular flexibility index (Phi) is 3.58. The largest absolute Gasteiger partial charge is 0.361 e. The standard InChI is InChI=1S/C19H17N3OS/c1-12(18-21-15-5-3-4-6-17(15)24-18)22(2)19(23)14-8-7-13-9-10-20-16(13)11-14/h3-12,20H,1-2H3/t12-/m0/s1. The Labute approximate surface area is 143 Å². The fourth-order valence-corrected chi connectivity index (χ4v) is 3.86. The number of thiazole rings is 1. The highest BCUT2D eigenvalue weighted by atomic mass is 32.1. The molecule has 2 aromatic carbocycles. The fraction of sp³-hybridized carbons (Fsp3) is 0.158. The van der Waals surface area contributed by atoms with Gasteiger partial charge >= 0.3 is 0 Å². The number of H-pyrrole nitrogens is 1. The summed E-state index contributed by atoms with van der Waals surface area (Å²) in [7, 11) is 1.83. The summed E-state index contributed by atoms with van der Waals surface area (Å²) >= 11 is 1.64. The van der Waals surface area contributed by atoms with Crippen molar-refractivity contribution in [2.45, 2.75) is 13.0 Å². The molecular formula is C19H17N3OS. The van der Waals surface area contributed by atoms with Crippen LogP contribution in [0.15, 0.2) is 54.7 Å². The molecule has 4 aromatic rings. The number of fused-ring (bicyclic) bond motifs is 2. The van der Waals surface area contributed by atoms with Crippen LogP contribution in [0.4, 0.5) is 0 Å². The molecule has 0 saturated heterocycles. The van der Waals surface area contributed by atoms with E-state index in [1.807, 2.05) is 62.6 Å². The van der Waals surface area contributed by atoms with Gasteiger partial charge in [0.25, 0.3) is 5.91 Å². The van der Waals surface area contributed by atoms with Gasteiger partial charge in [-0.2, -0.15) is 0 Å². The minimum absolute atomic E-state index is 0.00161. The Morgan fingerprint density at radius 1 is 1.21 bits per heavy atom. The lowest BCUT2D eigenvalue weighted by molar-refractivity contribution is 0.0742. The number of hydrogen-bond donors (Lipinski definition) is 1. The molecule has 0 saturated carbocycles. The molecule has 0 fully saturated rings. The van der Waals surface area contributed by atoms with Crippen LogP contribution in [-0.4, -0.2) is 27.8 Å². The molecule has 0 spiro atoms. The number of nitrogens with zero attached hydrogens (tertiary/aromatic N) is 2. The minimum Gasteiger partial charge on any atom is -0.361 e. The molecule has 5 heteroatoms. The Balaban J connectivity index is 1.63. The minimum atomic E-state index is -0.0748. The van der Waals surface area contributed by atoms with Crippen LogP contribution in [0.5, 0.6) is 0 Å². The van der Waals surface area contributed by atoms with Crippen molar-refractivity contribution < 1.29 is 4.79 Å². The van der Waals surface area contributed by atoms with Gasteiger partial charge in [0.05, 0.1) is 16.3 Å². The molecule has 1 N–H and O–H groups in total. The number of carbonyl (C=O) groups is 1. The van der Waals surface area contributed by atoms with Crippen LogP contribution in [0.25, 0.3) is 21.1 Å². The molecule has 4 rings (SSSR count). The van der Waals surface area contributed by atoms with Crippen molar-refractivity contribution in [1.82, 2.24) is 14.9 Å². The van der Waals surface area contributed by atoms with Crippen LogP contribution >= 0.6 is 11.3 Å². The van der Waals surface area contributed by atoms with E-state index in [2.05, 4.69) is 16.0 Å². The van der Waals surface area contributed by atoms with Crippen LogP contribution in [0.2, 0.25) is 0 Å². The second-order valence-electron chi connectivity index (χ2n) is 5.89. The molecule has 1 amide bonds. The quantitative estimate of drug-likeness (QED) is 0.594. The number of rotatable bonds is 3. The van der Waals surface area contributed by atoms with Gasteiger partial charge in [-0.3, -0.25) is 4.79 Å². The topological polar surface area (TPSA) is 49.0 Å². The SMILES string of the molecule is C[C@@H](c1nc2ccccc2s1)N(C)C(=O)c1ccc2cc[nH]c2c1. The first-order chi connectivity index (χ1) is 11.6. The van der Waals surface area contributed by atoms with Gasteiger partial charge in [-0.1, -0.05) is 18.2 Å². The highest BCUT2D eigenvalue weighted by molar-refractivity contribution is 7.18. The average Bonchev–Trinajstić information content (AvgIpc) is 3.25. The number of aromatic nitrogens is 2. The van der Waals surface area contributed by atoms with Crippen molar-refractivity contribution in [3.63, 3.8) is 0 Å². The van der Waals surface area contributed by atoms with Crippen LogP contribution in [-0.2, 0) is 0 Å². The van der Waals surface area contributed by atoms with Crippen LogP contribution in [0, 0.1) is 0 Å². The summed E-state index contributed by atoms with van der Waals surface area (Å²) in [5, 5.41) is 2.06. The van der Waals surface area contributed by atoms with Crippen LogP contribution < -0.4 is 0 Å². The van der Waals surface area contributed by atoms with E-state index in [-0.39, 0.29) is 11.9 Å². The molecular weight excluding hydrogens is 318 g/mol. The summed E-state index contributed by atoms with van der Waals surface area (Å²) in [5.74, 6) is -0.00161. The first kappa shape index (κ1) is 14.9. The Bertz CT molecular complexity index is 1000. The summed E-state index contributed by atoms with van der Waals surface area (Å²) < 4.78 is 1.15. The third kappa shape index (κ3) is 2.47. The number of hydrogen-bond acceptors (Lipinski definition) is 3. The van der Waals surface area contributed by atoms with Crippen molar-refractivity contribution in [3.8, 4) is 0 Å². The van der Waals surface area contributed by atoms with Crippen molar-refractivity contribution in [2.24, 2.45) is 0 Å². The zero-order valence-electron chi connectivity index (χ0n) is 13.5. The average molecular weight is 335 g/mol. The Morgan fingerprint density at radius 2 is 2.04 bits per heavy atom. The van der Waals surface area contributed by atoms with Crippen molar-refractivity contribution >= 4 is 38.4 Å². The molecule has 0 aliphatic heterocycles. The van der Waals surface area contributed by atoms with E-state index in [0.29, 0.717) is 5.56 Å². The Morgan fingerprint density at radius 3 is 2.88 bits per heavy atom. The van der Waals surface area contributed by atoms with E-state index in [1.54, 1.807) is 16.2 Å². The van der Waals surface area contributed by atoms with Gasteiger partial charge in [0, 0.05) is 24.3 Å². The molecule has 0 aliphatic carbocycles. The normalized spacial score (nSPS) is 12.6. The zero-order valence-corrected chi connectivity index (χ0v) is 14.3. The lowest BCUT2D eigenvalue weighted by Crippen LogP contribution is -2.29. The predicted molar refractivity (Wildman–Crippen MR) is 98.4 cm³/mol. The smallest absolute Gasteiger partial charge is 0.254 e. The third-order valence-electron chi connectivity index (χ3n) is 4.37. The maximum Gasteiger partial charge on any atom is 0.254 e. The number of para-hydroxylation sites is 1. The van der Waals surface area contributed by atoms with Gasteiger partial charge < -0.3 is 9.88 Å². The molecule has 120 valence electrons. The van der Waals surface area contributed by atoms with Gasteiger partial charge in [-0.25, -0.2) is 4.98 Å². The highest BCUT2D eigenvalue weighted by Crippen LogP contribution is 2.29. The molecule has 24 heavy (non-hydrogen) atoms. The maximum absolute atomic E-state index is 12.8. The van der Waals surface area contributed by atoms with Crippen molar-refractivity contribution in [1.29, 1.82) is 0 Å². The molecule has 2 heterocycles. The molecule has 0 aliphatic rings. The van der Waals surface area contributed by atoms with Crippen molar-refractivity contribution in [3.05, 3.63) is 65.3 Å². The van der Waals surface area contributed by atoms with Gasteiger partial charge in [0.2, 0.25) is 0 Å². The summed E-state index contributed by atoms with van der Waals surface area (Å²) in [6.45, 7) is 2.02. The summed E-state index contributed by atoms with van der Waals surface area (Å²) in [6, 6.07) is 15.7. The molecule has 0 bridgehead atoms. The van der Waals surface area contributed by atoms with E-state index in [4.69, 9.17) is 0 Å². The monoisotopic (exact) mass is 335 g/mol. The zero-order chi connectivity index (χ0) is 16.7. The highest BCUT2D eigenvalue weighted by Gasteiger charge is 2.22. The Hall–Kier alpha value is -2.66. The van der Waals surface area contributed by atoms with Crippen molar-refractivity contribution in [2.75, 3.05) is 7.05 Å². The van der Waals surface area contributed by atoms with E-state index >= 15 is 0 Å². The van der Waals surface area contributed by atoms with Gasteiger partial charge in [0.1, 0.15) is 5.01 Å².